The number of nitrogens with zero attached hydrogens (tertiary/aromatic N) is 2. The predicted molar refractivity (Wildman–Crippen MR) is 92.2 cm³/mol. The van der Waals surface area contributed by atoms with E-state index in [1.165, 1.54) is 11.1 Å². The Hall–Kier alpha value is -2.01. The minimum atomic E-state index is -0.266. The molecule has 0 N–H and O–H groups in total. The van der Waals surface area contributed by atoms with E-state index >= 15 is 0 Å². The van der Waals surface area contributed by atoms with Crippen LogP contribution in [0, 0.1) is 11.3 Å². The van der Waals surface area contributed by atoms with E-state index in [2.05, 4.69) is 16.9 Å². The van der Waals surface area contributed by atoms with Crippen LogP contribution in [0.4, 0.5) is 0 Å². The zero-order chi connectivity index (χ0) is 18.1. The highest BCUT2D eigenvalue weighted by molar-refractivity contribution is 6.25. The van der Waals surface area contributed by atoms with E-state index in [0.717, 1.165) is 31.2 Å². The quantitative estimate of drug-likeness (QED) is 0.462. The molecular weight excluding hydrogens is 332 g/mol. The summed E-state index contributed by atoms with van der Waals surface area (Å²) in [7, 11) is 3.46. The molecule has 0 unspecified atom stereocenters. The van der Waals surface area contributed by atoms with Crippen molar-refractivity contribution in [1.29, 1.82) is 0 Å². The second-order valence-electron chi connectivity index (χ2n) is 8.16. The second-order valence-corrected chi connectivity index (χ2v) is 8.16. The summed E-state index contributed by atoms with van der Waals surface area (Å²) >= 11 is 0. The van der Waals surface area contributed by atoms with Gasteiger partial charge >= 0.3 is 6.21 Å². The van der Waals surface area contributed by atoms with Gasteiger partial charge in [0.2, 0.25) is 5.78 Å². The lowest BCUT2D eigenvalue weighted by Crippen LogP contribution is -2.61. The molecule has 5 aliphatic rings. The SMILES string of the molecule is COc1ccc2c(c1)[C@@H]1[C@@H]3[C@@H]2O[C@H]2C[C@@]1(CC(=O)C=[N+]=[N-])CC[C@]32OC. The Balaban J connectivity index is 1.68. The summed E-state index contributed by atoms with van der Waals surface area (Å²) in [5, 5.41) is 0. The molecule has 4 bridgehead atoms. The highest BCUT2D eigenvalue weighted by Gasteiger charge is 2.74. The summed E-state index contributed by atoms with van der Waals surface area (Å²) in [4.78, 5) is 15.3. The van der Waals surface area contributed by atoms with Crippen molar-refractivity contribution >= 4 is 12.0 Å². The standard InChI is InChI=1S/C20H22N2O4/c1-24-12-3-4-13-14(7-12)16-17-18(13)26-15-9-19(16,8-11(23)10-22-21)5-6-20(15,17)25-2/h3-4,7,10,15-18H,5-6,8-9H2,1-2H3/t15-,16+,17+,18+,19-,20+/m0/s1. The molecule has 0 spiro atoms. The van der Waals surface area contributed by atoms with Crippen LogP contribution in [-0.4, -0.2) is 42.7 Å². The van der Waals surface area contributed by atoms with Gasteiger partial charge in [0, 0.05) is 19.4 Å². The first-order valence-electron chi connectivity index (χ1n) is 9.17. The summed E-state index contributed by atoms with van der Waals surface area (Å²) < 4.78 is 18.1. The largest absolute Gasteiger partial charge is 0.497 e. The van der Waals surface area contributed by atoms with E-state index in [1.54, 1.807) is 14.2 Å². The molecule has 0 radical (unpaired) electrons. The number of ether oxygens (including phenoxy) is 3. The number of carbonyl (C=O) groups excluding carboxylic acids is 1. The van der Waals surface area contributed by atoms with Crippen molar-refractivity contribution in [3.63, 3.8) is 0 Å². The van der Waals surface area contributed by atoms with E-state index in [0.29, 0.717) is 6.42 Å². The van der Waals surface area contributed by atoms with Crippen molar-refractivity contribution in [2.45, 2.75) is 49.4 Å². The Labute approximate surface area is 152 Å². The fourth-order valence-corrected chi connectivity index (χ4v) is 6.53. The van der Waals surface area contributed by atoms with Gasteiger partial charge in [-0.3, -0.25) is 4.79 Å². The molecule has 0 aromatic heterocycles. The molecule has 4 fully saturated rings. The number of hydrogen-bond donors (Lipinski definition) is 0. The topological polar surface area (TPSA) is 81.2 Å². The molecule has 6 nitrogen and oxygen atoms in total. The van der Waals surface area contributed by atoms with E-state index in [4.69, 9.17) is 19.7 Å². The highest BCUT2D eigenvalue weighted by Crippen LogP contribution is 2.75. The number of methoxy groups -OCH3 is 2. The molecule has 6 rings (SSSR count). The van der Waals surface area contributed by atoms with Crippen molar-refractivity contribution in [2.75, 3.05) is 14.2 Å². The molecule has 26 heavy (non-hydrogen) atoms. The number of hydrogen-bond acceptors (Lipinski definition) is 4. The van der Waals surface area contributed by atoms with Crippen LogP contribution in [-0.2, 0) is 14.3 Å². The van der Waals surface area contributed by atoms with E-state index in [9.17, 15) is 4.79 Å². The maximum Gasteiger partial charge on any atom is 0.323 e. The predicted octanol–water partition coefficient (Wildman–Crippen LogP) is 2.68. The minimum absolute atomic E-state index is 0.0154. The van der Waals surface area contributed by atoms with Crippen molar-refractivity contribution in [1.82, 2.24) is 0 Å². The number of Topliss-reactive ketones (excluding diaryl/α,β-unsaturated/α-hetero) is 1. The third-order valence-corrected chi connectivity index (χ3v) is 7.41. The van der Waals surface area contributed by atoms with Crippen LogP contribution in [0.1, 0.15) is 48.8 Å². The van der Waals surface area contributed by atoms with Crippen LogP contribution in [0.5, 0.6) is 5.75 Å². The smallest absolute Gasteiger partial charge is 0.323 e. The maximum absolute atomic E-state index is 12.4. The van der Waals surface area contributed by atoms with Gasteiger partial charge in [0.15, 0.2) is 0 Å². The number of carbonyl (C=O) groups is 1. The Morgan fingerprint density at radius 2 is 2.23 bits per heavy atom. The Bertz CT molecular complexity index is 848. The fraction of sp³-hybridized carbons (Fsp3) is 0.600. The average molecular weight is 354 g/mol. The fourth-order valence-electron chi connectivity index (χ4n) is 6.53. The lowest BCUT2D eigenvalue weighted by Gasteiger charge is -2.59. The van der Waals surface area contributed by atoms with Gasteiger partial charge in [-0.15, -0.1) is 0 Å². The molecule has 0 amide bonds. The van der Waals surface area contributed by atoms with Crippen LogP contribution in [0.25, 0.3) is 5.53 Å². The Kier molecular flexibility index (Phi) is 3.27. The average Bonchev–Trinajstić information content (AvgIpc) is 3.10. The molecule has 136 valence electrons. The summed E-state index contributed by atoms with van der Waals surface area (Å²) in [5.74, 6) is 1.11. The van der Waals surface area contributed by atoms with Crippen LogP contribution in [0.15, 0.2) is 18.2 Å². The van der Waals surface area contributed by atoms with Gasteiger partial charge < -0.3 is 19.7 Å². The number of ketones is 1. The highest BCUT2D eigenvalue weighted by atomic mass is 16.6. The summed E-state index contributed by atoms with van der Waals surface area (Å²) in [5.41, 5.74) is 10.8. The molecule has 4 aliphatic carbocycles. The second kappa shape index (κ2) is 5.26. The monoisotopic (exact) mass is 354 g/mol. The van der Waals surface area contributed by atoms with E-state index in [1.807, 2.05) is 6.07 Å². The van der Waals surface area contributed by atoms with Crippen LogP contribution >= 0.6 is 0 Å². The third kappa shape index (κ3) is 1.77. The minimum Gasteiger partial charge on any atom is -0.497 e. The van der Waals surface area contributed by atoms with Crippen molar-refractivity contribution < 1.29 is 23.8 Å². The molecular formula is C20H22N2O4. The number of fused-ring (bicyclic) bond motifs is 3. The first-order valence-corrected chi connectivity index (χ1v) is 9.17. The normalized spacial score (nSPS) is 40.8. The molecule has 1 saturated heterocycles. The van der Waals surface area contributed by atoms with Gasteiger partial charge in [-0.2, -0.15) is 4.79 Å². The molecule has 6 atom stereocenters. The lowest BCUT2D eigenvalue weighted by atomic mass is 9.47. The molecule has 1 heterocycles. The van der Waals surface area contributed by atoms with Gasteiger partial charge in [-0.1, -0.05) is 6.07 Å². The zero-order valence-electron chi connectivity index (χ0n) is 15.0. The van der Waals surface area contributed by atoms with Gasteiger partial charge in [-0.25, -0.2) is 0 Å². The Morgan fingerprint density at radius 3 is 2.96 bits per heavy atom. The molecule has 1 aromatic carbocycles. The van der Waals surface area contributed by atoms with E-state index in [-0.39, 0.29) is 40.8 Å². The van der Waals surface area contributed by atoms with Crippen molar-refractivity contribution in [3.05, 3.63) is 34.9 Å². The van der Waals surface area contributed by atoms with Gasteiger partial charge in [-0.05, 0) is 53.9 Å². The van der Waals surface area contributed by atoms with Crippen LogP contribution in [0.2, 0.25) is 0 Å². The van der Waals surface area contributed by atoms with Gasteiger partial charge in [0.05, 0.1) is 19.3 Å². The van der Waals surface area contributed by atoms with E-state index < -0.39 is 0 Å². The van der Waals surface area contributed by atoms with Crippen molar-refractivity contribution in [3.8, 4) is 5.75 Å². The molecule has 6 heteroatoms. The number of benzene rings is 1. The maximum atomic E-state index is 12.4. The van der Waals surface area contributed by atoms with Gasteiger partial charge in [0.25, 0.3) is 0 Å². The van der Waals surface area contributed by atoms with Gasteiger partial charge in [0.1, 0.15) is 11.4 Å². The molecule has 1 aliphatic heterocycles. The zero-order valence-corrected chi connectivity index (χ0v) is 15.0. The number of rotatable bonds is 5. The van der Waals surface area contributed by atoms with Crippen LogP contribution < -0.4 is 4.74 Å². The summed E-state index contributed by atoms with van der Waals surface area (Å²) in [6.45, 7) is 0. The lowest BCUT2D eigenvalue weighted by molar-refractivity contribution is -0.183. The summed E-state index contributed by atoms with van der Waals surface area (Å²) in [6, 6.07) is 6.19. The first-order chi connectivity index (χ1) is 12.6. The summed E-state index contributed by atoms with van der Waals surface area (Å²) in [6.07, 6.45) is 4.07. The first kappa shape index (κ1) is 16.2. The van der Waals surface area contributed by atoms with Crippen molar-refractivity contribution in [2.24, 2.45) is 11.3 Å². The molecule has 1 aromatic rings. The third-order valence-electron chi connectivity index (χ3n) is 7.41. The van der Waals surface area contributed by atoms with Crippen LogP contribution in [0.3, 0.4) is 0 Å². The molecule has 3 saturated carbocycles. The Morgan fingerprint density at radius 1 is 1.38 bits per heavy atom.